The van der Waals surface area contributed by atoms with Gasteiger partial charge < -0.3 is 15.8 Å². The number of halogens is 1. The number of nitrogen functional groups attached to an aromatic ring is 1. The van der Waals surface area contributed by atoms with E-state index in [2.05, 4.69) is 5.32 Å². The molecule has 1 aromatic carbocycles. The number of amides is 1. The summed E-state index contributed by atoms with van der Waals surface area (Å²) in [5.41, 5.74) is 5.08. The number of ether oxygens (including phenoxy) is 1. The lowest BCUT2D eigenvalue weighted by molar-refractivity contribution is -0.383. The summed E-state index contributed by atoms with van der Waals surface area (Å²) in [7, 11) is 1.54. The molecule has 0 radical (unpaired) electrons. The molecular weight excluding hydrogens is 298 g/mol. The Kier molecular flexibility index (Phi) is 6.39. The van der Waals surface area contributed by atoms with Crippen molar-refractivity contribution in [1.82, 2.24) is 5.32 Å². The van der Waals surface area contributed by atoms with Gasteiger partial charge in [0.25, 0.3) is 11.6 Å². The highest BCUT2D eigenvalue weighted by molar-refractivity contribution is 6.34. The molecule has 21 heavy (non-hydrogen) atoms. The second kappa shape index (κ2) is 7.80. The van der Waals surface area contributed by atoms with E-state index in [4.69, 9.17) is 22.1 Å². The summed E-state index contributed by atoms with van der Waals surface area (Å²) in [6.07, 6.45) is 1.61. The van der Waals surface area contributed by atoms with E-state index in [9.17, 15) is 14.9 Å². The predicted octanol–water partition coefficient (Wildman–Crippen LogP) is 2.38. The monoisotopic (exact) mass is 315 g/mol. The molecule has 0 bridgehead atoms. The molecule has 116 valence electrons. The summed E-state index contributed by atoms with van der Waals surface area (Å²) in [5, 5.41) is 13.6. The molecule has 0 heterocycles. The van der Waals surface area contributed by atoms with Crippen LogP contribution in [0.1, 0.15) is 30.1 Å². The second-order valence-corrected chi connectivity index (χ2v) is 4.97. The number of nitro benzene ring substituents is 1. The third-order valence-corrected chi connectivity index (χ3v) is 3.22. The van der Waals surface area contributed by atoms with Gasteiger partial charge in [-0.05, 0) is 12.5 Å². The average molecular weight is 316 g/mol. The fourth-order valence-corrected chi connectivity index (χ4v) is 2.12. The van der Waals surface area contributed by atoms with Crippen LogP contribution in [-0.2, 0) is 4.74 Å². The molecule has 0 fully saturated rings. The van der Waals surface area contributed by atoms with Crippen LogP contribution in [0.25, 0.3) is 0 Å². The number of nitrogens with zero attached hydrogens (tertiary/aromatic N) is 1. The van der Waals surface area contributed by atoms with Gasteiger partial charge in [-0.3, -0.25) is 14.9 Å². The van der Waals surface area contributed by atoms with E-state index in [1.807, 2.05) is 6.92 Å². The maximum Gasteiger partial charge on any atom is 0.294 e. The molecule has 0 saturated heterocycles. The van der Waals surface area contributed by atoms with Crippen LogP contribution >= 0.6 is 11.6 Å². The first-order chi connectivity index (χ1) is 9.90. The Morgan fingerprint density at radius 1 is 1.57 bits per heavy atom. The largest absolute Gasteiger partial charge is 0.392 e. The number of methoxy groups -OCH3 is 1. The van der Waals surface area contributed by atoms with Crippen molar-refractivity contribution in [2.75, 3.05) is 19.5 Å². The van der Waals surface area contributed by atoms with Crippen LogP contribution in [0.5, 0.6) is 0 Å². The van der Waals surface area contributed by atoms with Gasteiger partial charge in [0.1, 0.15) is 5.69 Å². The highest BCUT2D eigenvalue weighted by Crippen LogP contribution is 2.30. The molecule has 1 atom stereocenters. The number of benzene rings is 1. The van der Waals surface area contributed by atoms with Gasteiger partial charge in [-0.15, -0.1) is 0 Å². The normalized spacial score (nSPS) is 12.0. The lowest BCUT2D eigenvalue weighted by Crippen LogP contribution is -2.38. The molecule has 0 saturated carbocycles. The summed E-state index contributed by atoms with van der Waals surface area (Å²) >= 11 is 5.83. The number of nitro groups is 1. The third kappa shape index (κ3) is 4.57. The van der Waals surface area contributed by atoms with E-state index in [0.717, 1.165) is 18.9 Å². The van der Waals surface area contributed by atoms with Gasteiger partial charge in [0.05, 0.1) is 22.6 Å². The van der Waals surface area contributed by atoms with E-state index in [1.54, 1.807) is 7.11 Å². The predicted molar refractivity (Wildman–Crippen MR) is 80.6 cm³/mol. The van der Waals surface area contributed by atoms with Crippen LogP contribution in [-0.4, -0.2) is 30.6 Å². The van der Waals surface area contributed by atoms with Crippen molar-refractivity contribution in [2.24, 2.45) is 0 Å². The topological polar surface area (TPSA) is 107 Å². The molecule has 0 spiro atoms. The standard InChI is InChI=1S/C13H18ClN3O4/c1-3-4-9(7-21-2)16-13(18)8-5-10(14)12(15)11(6-8)17(19)20/h5-6,9H,3-4,7,15H2,1-2H3,(H,16,18). The van der Waals surface area contributed by atoms with Gasteiger partial charge in [0.15, 0.2) is 0 Å². The van der Waals surface area contributed by atoms with Crippen LogP contribution in [0.15, 0.2) is 12.1 Å². The van der Waals surface area contributed by atoms with Gasteiger partial charge in [0.2, 0.25) is 0 Å². The Labute approximate surface area is 127 Å². The second-order valence-electron chi connectivity index (χ2n) is 4.56. The first-order valence-electron chi connectivity index (χ1n) is 6.43. The molecule has 1 rings (SSSR count). The van der Waals surface area contributed by atoms with Crippen molar-refractivity contribution in [2.45, 2.75) is 25.8 Å². The molecule has 1 unspecified atom stereocenters. The molecule has 7 nitrogen and oxygen atoms in total. The molecule has 1 amide bonds. The van der Waals surface area contributed by atoms with Crippen LogP contribution < -0.4 is 11.1 Å². The number of nitrogens with one attached hydrogen (secondary N) is 1. The highest BCUT2D eigenvalue weighted by Gasteiger charge is 2.20. The van der Waals surface area contributed by atoms with E-state index in [-0.39, 0.29) is 28.0 Å². The van der Waals surface area contributed by atoms with Crippen molar-refractivity contribution in [3.05, 3.63) is 32.8 Å². The number of carbonyl (C=O) groups is 1. The first-order valence-corrected chi connectivity index (χ1v) is 6.81. The maximum atomic E-state index is 12.2. The minimum Gasteiger partial charge on any atom is -0.392 e. The van der Waals surface area contributed by atoms with Gasteiger partial charge in [-0.2, -0.15) is 0 Å². The van der Waals surface area contributed by atoms with E-state index in [1.165, 1.54) is 6.07 Å². The van der Waals surface area contributed by atoms with Gasteiger partial charge in [-0.25, -0.2) is 0 Å². The number of anilines is 1. The number of hydrogen-bond donors (Lipinski definition) is 2. The SMILES string of the molecule is CCCC(COC)NC(=O)c1cc(Cl)c(N)c([N+](=O)[O-])c1. The Balaban J connectivity index is 2.99. The molecule has 0 aliphatic carbocycles. The maximum absolute atomic E-state index is 12.2. The molecule has 3 N–H and O–H groups in total. The summed E-state index contributed by atoms with van der Waals surface area (Å²) in [5.74, 6) is -0.449. The lowest BCUT2D eigenvalue weighted by Gasteiger charge is -2.17. The number of nitrogens with two attached hydrogens (primary N) is 1. The Morgan fingerprint density at radius 2 is 2.24 bits per heavy atom. The van der Waals surface area contributed by atoms with E-state index < -0.39 is 10.8 Å². The molecule has 1 aromatic rings. The Bertz CT molecular complexity index is 530. The van der Waals surface area contributed by atoms with Crippen molar-refractivity contribution in [1.29, 1.82) is 0 Å². The quantitative estimate of drug-likeness (QED) is 0.456. The average Bonchev–Trinajstić information content (AvgIpc) is 2.41. The fourth-order valence-electron chi connectivity index (χ4n) is 1.90. The third-order valence-electron chi connectivity index (χ3n) is 2.91. The summed E-state index contributed by atoms with van der Waals surface area (Å²) < 4.78 is 5.03. The zero-order valence-corrected chi connectivity index (χ0v) is 12.6. The van der Waals surface area contributed by atoms with Gasteiger partial charge in [0, 0.05) is 18.7 Å². The summed E-state index contributed by atoms with van der Waals surface area (Å²) in [6, 6.07) is 2.27. The Hall–Kier alpha value is -1.86. The highest BCUT2D eigenvalue weighted by atomic mass is 35.5. The smallest absolute Gasteiger partial charge is 0.294 e. The lowest BCUT2D eigenvalue weighted by atomic mass is 10.1. The fraction of sp³-hybridized carbons (Fsp3) is 0.462. The molecule has 8 heteroatoms. The zero-order valence-electron chi connectivity index (χ0n) is 11.9. The number of hydrogen-bond acceptors (Lipinski definition) is 5. The number of rotatable bonds is 7. The molecule has 0 aromatic heterocycles. The van der Waals surface area contributed by atoms with Crippen LogP contribution in [0.2, 0.25) is 5.02 Å². The zero-order chi connectivity index (χ0) is 16.0. The van der Waals surface area contributed by atoms with Crippen molar-refractivity contribution in [3.8, 4) is 0 Å². The minimum absolute atomic E-state index is 0.0202. The van der Waals surface area contributed by atoms with Crippen LogP contribution in [0.4, 0.5) is 11.4 Å². The van der Waals surface area contributed by atoms with Crippen molar-refractivity contribution in [3.63, 3.8) is 0 Å². The first kappa shape index (κ1) is 17.2. The van der Waals surface area contributed by atoms with Gasteiger partial charge in [-0.1, -0.05) is 24.9 Å². The molecule has 0 aliphatic rings. The number of carbonyl (C=O) groups excluding carboxylic acids is 1. The van der Waals surface area contributed by atoms with Crippen LogP contribution in [0, 0.1) is 10.1 Å². The van der Waals surface area contributed by atoms with E-state index in [0.29, 0.717) is 6.61 Å². The minimum atomic E-state index is -0.670. The van der Waals surface area contributed by atoms with Crippen molar-refractivity contribution >= 4 is 28.9 Å². The summed E-state index contributed by atoms with van der Waals surface area (Å²) in [6.45, 7) is 2.35. The Morgan fingerprint density at radius 3 is 2.76 bits per heavy atom. The van der Waals surface area contributed by atoms with Crippen molar-refractivity contribution < 1.29 is 14.5 Å². The van der Waals surface area contributed by atoms with E-state index >= 15 is 0 Å². The molecule has 0 aliphatic heterocycles. The van der Waals surface area contributed by atoms with Crippen LogP contribution in [0.3, 0.4) is 0 Å². The summed E-state index contributed by atoms with van der Waals surface area (Å²) in [4.78, 5) is 22.4. The molecular formula is C13H18ClN3O4. The van der Waals surface area contributed by atoms with Gasteiger partial charge >= 0.3 is 0 Å².